The van der Waals surface area contributed by atoms with Gasteiger partial charge in [-0.25, -0.2) is 4.39 Å². The van der Waals surface area contributed by atoms with Gasteiger partial charge < -0.3 is 4.74 Å². The van der Waals surface area contributed by atoms with Crippen LogP contribution >= 0.6 is 0 Å². The number of hydrogen-bond donors (Lipinski definition) is 0. The summed E-state index contributed by atoms with van der Waals surface area (Å²) in [6.07, 6.45) is 3.22. The minimum Gasteiger partial charge on any atom is -0.495 e. The van der Waals surface area contributed by atoms with Crippen molar-refractivity contribution in [3.05, 3.63) is 48.0 Å². The average molecular weight is 242 g/mol. The van der Waals surface area contributed by atoms with Gasteiger partial charge in [-0.1, -0.05) is 18.2 Å². The molecule has 0 radical (unpaired) electrons. The first-order chi connectivity index (χ1) is 8.77. The molecule has 4 heteroatoms. The van der Waals surface area contributed by atoms with Gasteiger partial charge in [0.05, 0.1) is 25.8 Å². The van der Waals surface area contributed by atoms with Gasteiger partial charge in [0.25, 0.3) is 0 Å². The van der Waals surface area contributed by atoms with Crippen LogP contribution < -0.4 is 4.74 Å². The number of aromatic nitrogens is 1. The molecule has 0 fully saturated rings. The number of benzene rings is 1. The molecular weight excluding hydrogens is 231 g/mol. The molecule has 2 aromatic rings. The van der Waals surface area contributed by atoms with Gasteiger partial charge in [0, 0.05) is 22.9 Å². The van der Waals surface area contributed by atoms with Crippen LogP contribution in [0.1, 0.15) is 5.56 Å². The van der Waals surface area contributed by atoms with Gasteiger partial charge in [-0.3, -0.25) is 4.98 Å². The molecule has 0 atom stereocenters. The van der Waals surface area contributed by atoms with Crippen molar-refractivity contribution in [1.29, 1.82) is 5.26 Å². The topological polar surface area (TPSA) is 45.9 Å². The van der Waals surface area contributed by atoms with Crippen molar-refractivity contribution in [2.24, 2.45) is 0 Å². The molecule has 18 heavy (non-hydrogen) atoms. The van der Waals surface area contributed by atoms with Gasteiger partial charge >= 0.3 is 0 Å². The van der Waals surface area contributed by atoms with Crippen molar-refractivity contribution < 1.29 is 9.13 Å². The number of halogens is 1. The van der Waals surface area contributed by atoms with Gasteiger partial charge in [-0.15, -0.1) is 0 Å². The standard InChI is InChI=1S/C14H11FN2O/c1-18-14-9-17-8-12(11(14)6-7-16)10-4-2-3-5-13(10)15/h2-5,8-9H,6H2,1H3. The summed E-state index contributed by atoms with van der Waals surface area (Å²) in [5.41, 5.74) is 1.67. The second kappa shape index (κ2) is 5.28. The van der Waals surface area contributed by atoms with Gasteiger partial charge in [0.1, 0.15) is 11.6 Å². The maximum absolute atomic E-state index is 13.8. The Balaban J connectivity index is 2.64. The lowest BCUT2D eigenvalue weighted by atomic mass is 9.99. The van der Waals surface area contributed by atoms with Crippen molar-refractivity contribution in [3.63, 3.8) is 0 Å². The molecule has 2 rings (SSSR count). The summed E-state index contributed by atoms with van der Waals surface area (Å²) in [6.45, 7) is 0. The van der Waals surface area contributed by atoms with Crippen LogP contribution in [-0.4, -0.2) is 12.1 Å². The summed E-state index contributed by atoms with van der Waals surface area (Å²) in [5, 5.41) is 8.86. The highest BCUT2D eigenvalue weighted by atomic mass is 19.1. The summed E-state index contributed by atoms with van der Waals surface area (Å²) in [6, 6.07) is 8.46. The van der Waals surface area contributed by atoms with E-state index in [2.05, 4.69) is 11.1 Å². The predicted molar refractivity (Wildman–Crippen MR) is 65.5 cm³/mol. The third-order valence-corrected chi connectivity index (χ3v) is 2.66. The number of nitriles is 1. The number of pyridine rings is 1. The summed E-state index contributed by atoms with van der Waals surface area (Å²) in [5.74, 6) is 0.157. The molecule has 0 amide bonds. The molecule has 0 unspecified atom stereocenters. The summed E-state index contributed by atoms with van der Waals surface area (Å²) < 4.78 is 18.9. The second-order valence-electron chi connectivity index (χ2n) is 3.68. The van der Waals surface area contributed by atoms with E-state index in [1.54, 1.807) is 24.4 Å². The van der Waals surface area contributed by atoms with Crippen LogP contribution in [0.25, 0.3) is 11.1 Å². The first-order valence-corrected chi connectivity index (χ1v) is 5.40. The first-order valence-electron chi connectivity index (χ1n) is 5.40. The minimum absolute atomic E-state index is 0.148. The maximum Gasteiger partial charge on any atom is 0.142 e. The summed E-state index contributed by atoms with van der Waals surface area (Å²) >= 11 is 0. The van der Waals surface area contributed by atoms with Crippen molar-refractivity contribution in [1.82, 2.24) is 4.98 Å². The fourth-order valence-electron chi connectivity index (χ4n) is 1.82. The Morgan fingerprint density at radius 3 is 2.72 bits per heavy atom. The van der Waals surface area contributed by atoms with E-state index in [1.807, 2.05) is 0 Å². The summed E-state index contributed by atoms with van der Waals surface area (Å²) in [4.78, 5) is 4.01. The Hall–Kier alpha value is -2.41. The molecular formula is C14H11FN2O. The highest BCUT2D eigenvalue weighted by Crippen LogP contribution is 2.31. The van der Waals surface area contributed by atoms with Gasteiger partial charge in [-0.05, 0) is 6.07 Å². The molecule has 0 saturated heterocycles. The van der Waals surface area contributed by atoms with Crippen LogP contribution in [0.3, 0.4) is 0 Å². The van der Waals surface area contributed by atoms with Gasteiger partial charge in [0.15, 0.2) is 0 Å². The highest BCUT2D eigenvalue weighted by molar-refractivity contribution is 5.69. The van der Waals surface area contributed by atoms with E-state index in [9.17, 15) is 4.39 Å². The second-order valence-corrected chi connectivity index (χ2v) is 3.68. The lowest BCUT2D eigenvalue weighted by Crippen LogP contribution is -1.97. The van der Waals surface area contributed by atoms with Crippen LogP contribution in [0.5, 0.6) is 5.75 Å². The number of nitrogens with zero attached hydrogens (tertiary/aromatic N) is 2. The molecule has 1 aromatic carbocycles. The zero-order valence-corrected chi connectivity index (χ0v) is 9.85. The number of ether oxygens (including phenoxy) is 1. The maximum atomic E-state index is 13.8. The number of rotatable bonds is 3. The van der Waals surface area contributed by atoms with Crippen LogP contribution in [0.4, 0.5) is 4.39 Å². The SMILES string of the molecule is COc1cncc(-c2ccccc2F)c1CC#N. The fourth-order valence-corrected chi connectivity index (χ4v) is 1.82. The van der Waals surface area contributed by atoms with Gasteiger partial charge in [0.2, 0.25) is 0 Å². The van der Waals surface area contributed by atoms with E-state index in [1.165, 1.54) is 19.4 Å². The average Bonchev–Trinajstić information content (AvgIpc) is 2.40. The third-order valence-electron chi connectivity index (χ3n) is 2.66. The first kappa shape index (κ1) is 12.1. The fraction of sp³-hybridized carbons (Fsp3) is 0.143. The molecule has 0 aliphatic rings. The molecule has 1 aromatic heterocycles. The quantitative estimate of drug-likeness (QED) is 0.831. The Morgan fingerprint density at radius 2 is 2.06 bits per heavy atom. The number of methoxy groups -OCH3 is 1. The number of hydrogen-bond acceptors (Lipinski definition) is 3. The molecule has 90 valence electrons. The van der Waals surface area contributed by atoms with Crippen molar-refractivity contribution in [3.8, 4) is 22.9 Å². The molecule has 0 N–H and O–H groups in total. The zero-order valence-electron chi connectivity index (χ0n) is 9.85. The largest absolute Gasteiger partial charge is 0.495 e. The zero-order chi connectivity index (χ0) is 13.0. The molecule has 1 heterocycles. The lowest BCUT2D eigenvalue weighted by molar-refractivity contribution is 0.409. The van der Waals surface area contributed by atoms with Gasteiger partial charge in [-0.2, -0.15) is 5.26 Å². The monoisotopic (exact) mass is 242 g/mol. The van der Waals surface area contributed by atoms with Crippen molar-refractivity contribution in [2.45, 2.75) is 6.42 Å². The Bertz CT molecular complexity index is 605. The van der Waals surface area contributed by atoms with Crippen LogP contribution in [0.2, 0.25) is 0 Å². The smallest absolute Gasteiger partial charge is 0.142 e. The molecule has 0 aliphatic heterocycles. The van der Waals surface area contributed by atoms with Crippen molar-refractivity contribution >= 4 is 0 Å². The summed E-state index contributed by atoms with van der Waals surface area (Å²) in [7, 11) is 1.50. The Labute approximate surface area is 104 Å². The van der Waals surface area contributed by atoms with Crippen LogP contribution in [0, 0.1) is 17.1 Å². The van der Waals surface area contributed by atoms with E-state index < -0.39 is 0 Å². The highest BCUT2D eigenvalue weighted by Gasteiger charge is 2.13. The Morgan fingerprint density at radius 1 is 1.28 bits per heavy atom. The molecule has 0 spiro atoms. The Kier molecular flexibility index (Phi) is 3.54. The lowest BCUT2D eigenvalue weighted by Gasteiger charge is -2.11. The minimum atomic E-state index is -0.341. The molecule has 0 saturated carbocycles. The predicted octanol–water partition coefficient (Wildman–Crippen LogP) is 2.96. The molecule has 3 nitrogen and oxygen atoms in total. The van der Waals surface area contributed by atoms with Crippen LogP contribution in [-0.2, 0) is 6.42 Å². The van der Waals surface area contributed by atoms with E-state index in [0.29, 0.717) is 22.4 Å². The van der Waals surface area contributed by atoms with E-state index in [4.69, 9.17) is 10.00 Å². The van der Waals surface area contributed by atoms with E-state index in [0.717, 1.165) is 0 Å². The van der Waals surface area contributed by atoms with E-state index in [-0.39, 0.29) is 12.2 Å². The normalized spacial score (nSPS) is 9.83. The van der Waals surface area contributed by atoms with Crippen molar-refractivity contribution in [2.75, 3.05) is 7.11 Å². The molecule has 0 aliphatic carbocycles. The third kappa shape index (κ3) is 2.16. The molecule has 0 bridgehead atoms. The van der Waals surface area contributed by atoms with Crippen LogP contribution in [0.15, 0.2) is 36.7 Å². The van der Waals surface area contributed by atoms with E-state index >= 15 is 0 Å².